The number of amides is 1. The summed E-state index contributed by atoms with van der Waals surface area (Å²) < 4.78 is 10.6. The second-order valence-corrected chi connectivity index (χ2v) is 6.02. The molecular formula is C19H18ClN3O3. The largest absolute Gasteiger partial charge is 0.376 e. The van der Waals surface area contributed by atoms with Gasteiger partial charge in [0.2, 0.25) is 17.6 Å². The van der Waals surface area contributed by atoms with Crippen LogP contribution in [0.15, 0.2) is 59.1 Å². The Hall–Kier alpha value is -2.70. The minimum atomic E-state index is -0.135. The molecule has 6 nitrogen and oxygen atoms in total. The van der Waals surface area contributed by atoms with E-state index in [0.717, 1.165) is 11.1 Å². The third kappa shape index (κ3) is 5.40. The Balaban J connectivity index is 1.38. The molecular weight excluding hydrogens is 354 g/mol. The Kier molecular flexibility index (Phi) is 6.35. The van der Waals surface area contributed by atoms with Crippen LogP contribution in [0.4, 0.5) is 0 Å². The molecule has 1 heterocycles. The van der Waals surface area contributed by atoms with Gasteiger partial charge in [0, 0.05) is 17.0 Å². The molecule has 1 amide bonds. The number of benzene rings is 2. The summed E-state index contributed by atoms with van der Waals surface area (Å²) in [7, 11) is 0. The molecule has 0 aliphatic rings. The van der Waals surface area contributed by atoms with Crippen molar-refractivity contribution in [3.63, 3.8) is 0 Å². The van der Waals surface area contributed by atoms with Gasteiger partial charge in [-0.05, 0) is 29.8 Å². The first-order valence-corrected chi connectivity index (χ1v) is 8.55. The lowest BCUT2D eigenvalue weighted by molar-refractivity contribution is -0.122. The van der Waals surface area contributed by atoms with Crippen molar-refractivity contribution >= 4 is 17.5 Å². The summed E-state index contributed by atoms with van der Waals surface area (Å²) >= 11 is 5.85. The van der Waals surface area contributed by atoms with Crippen LogP contribution in [0.1, 0.15) is 17.9 Å². The lowest BCUT2D eigenvalue weighted by atomic mass is 10.2. The maximum atomic E-state index is 11.8. The average molecular weight is 372 g/mol. The number of carbonyl (C=O) groups excluding carboxylic acids is 1. The summed E-state index contributed by atoms with van der Waals surface area (Å²) in [5.41, 5.74) is 1.87. The average Bonchev–Trinajstić information content (AvgIpc) is 3.14. The minimum Gasteiger partial charge on any atom is -0.376 e. The number of hydrogen-bond donors (Lipinski definition) is 1. The first-order valence-electron chi connectivity index (χ1n) is 8.17. The predicted octanol–water partition coefficient (Wildman–Crippen LogP) is 3.61. The van der Waals surface area contributed by atoms with Crippen LogP contribution in [0.3, 0.4) is 0 Å². The van der Waals surface area contributed by atoms with Crippen molar-refractivity contribution < 1.29 is 14.1 Å². The van der Waals surface area contributed by atoms with E-state index >= 15 is 0 Å². The molecule has 0 fully saturated rings. The molecule has 134 valence electrons. The number of aromatic nitrogens is 2. The first kappa shape index (κ1) is 18.1. The van der Waals surface area contributed by atoms with E-state index in [9.17, 15) is 4.79 Å². The number of carbonyl (C=O) groups is 1. The van der Waals surface area contributed by atoms with Gasteiger partial charge in [-0.1, -0.05) is 47.1 Å². The van der Waals surface area contributed by atoms with Gasteiger partial charge >= 0.3 is 0 Å². The summed E-state index contributed by atoms with van der Waals surface area (Å²) in [5.74, 6) is 0.662. The zero-order valence-corrected chi connectivity index (χ0v) is 14.8. The van der Waals surface area contributed by atoms with Crippen LogP contribution in [0.5, 0.6) is 0 Å². The lowest BCUT2D eigenvalue weighted by Gasteiger charge is -2.04. The van der Waals surface area contributed by atoms with E-state index in [-0.39, 0.29) is 18.9 Å². The second kappa shape index (κ2) is 9.12. The van der Waals surface area contributed by atoms with Gasteiger partial charge in [0.1, 0.15) is 0 Å². The smallest absolute Gasteiger partial charge is 0.246 e. The summed E-state index contributed by atoms with van der Waals surface area (Å²) in [6, 6.07) is 16.9. The Morgan fingerprint density at radius 1 is 1.12 bits per heavy atom. The molecule has 1 aromatic heterocycles. The zero-order valence-electron chi connectivity index (χ0n) is 14.0. The van der Waals surface area contributed by atoms with Crippen LogP contribution in [-0.2, 0) is 22.7 Å². The number of halogens is 1. The van der Waals surface area contributed by atoms with Crippen LogP contribution in [0, 0.1) is 0 Å². The fraction of sp³-hybridized carbons (Fsp3) is 0.211. The Bertz CT molecular complexity index is 835. The number of hydrogen-bond acceptors (Lipinski definition) is 5. The third-order valence-electron chi connectivity index (χ3n) is 3.59. The Morgan fingerprint density at radius 2 is 1.88 bits per heavy atom. The van der Waals surface area contributed by atoms with Crippen LogP contribution < -0.4 is 5.32 Å². The van der Waals surface area contributed by atoms with E-state index in [2.05, 4.69) is 15.5 Å². The molecule has 7 heteroatoms. The van der Waals surface area contributed by atoms with E-state index in [1.54, 1.807) is 24.3 Å². The molecule has 0 atom stereocenters. The molecule has 2 aromatic carbocycles. The molecule has 0 radical (unpaired) electrons. The molecule has 0 spiro atoms. The van der Waals surface area contributed by atoms with Crippen LogP contribution >= 0.6 is 11.6 Å². The summed E-state index contributed by atoms with van der Waals surface area (Å²) in [5, 5.41) is 7.27. The highest BCUT2D eigenvalue weighted by Crippen LogP contribution is 2.18. The molecule has 1 N–H and O–H groups in total. The van der Waals surface area contributed by atoms with Crippen molar-refractivity contribution in [1.82, 2.24) is 15.5 Å². The quantitative estimate of drug-likeness (QED) is 0.612. The van der Waals surface area contributed by atoms with E-state index in [0.29, 0.717) is 30.0 Å². The van der Waals surface area contributed by atoms with Gasteiger partial charge < -0.3 is 14.6 Å². The van der Waals surface area contributed by atoms with Crippen LogP contribution in [-0.4, -0.2) is 22.7 Å². The fourth-order valence-electron chi connectivity index (χ4n) is 2.23. The molecule has 0 aliphatic carbocycles. The van der Waals surface area contributed by atoms with Gasteiger partial charge in [0.15, 0.2) is 0 Å². The predicted molar refractivity (Wildman–Crippen MR) is 97.3 cm³/mol. The molecule has 26 heavy (non-hydrogen) atoms. The highest BCUT2D eigenvalue weighted by molar-refractivity contribution is 6.30. The number of rotatable bonds is 8. The first-order chi connectivity index (χ1) is 12.7. The standard InChI is InChI=1S/C19H18ClN3O3/c20-16-8-6-15(7-9-16)19-22-18(26-23-19)12-21-17(24)10-11-25-13-14-4-2-1-3-5-14/h1-9H,10-13H2,(H,21,24). The molecule has 0 saturated carbocycles. The zero-order chi connectivity index (χ0) is 18.2. The van der Waals surface area contributed by atoms with Crippen molar-refractivity contribution in [2.24, 2.45) is 0 Å². The van der Waals surface area contributed by atoms with E-state index < -0.39 is 0 Å². The van der Waals surface area contributed by atoms with E-state index in [1.165, 1.54) is 0 Å². The maximum Gasteiger partial charge on any atom is 0.246 e. The summed E-state index contributed by atoms with van der Waals surface area (Å²) in [6.45, 7) is 1.01. The fourth-order valence-corrected chi connectivity index (χ4v) is 2.36. The van der Waals surface area contributed by atoms with E-state index in [1.807, 2.05) is 30.3 Å². The van der Waals surface area contributed by atoms with Crippen molar-refractivity contribution in [2.75, 3.05) is 6.61 Å². The molecule has 3 aromatic rings. The number of ether oxygens (including phenoxy) is 1. The van der Waals surface area contributed by atoms with Gasteiger partial charge in [-0.2, -0.15) is 4.98 Å². The highest BCUT2D eigenvalue weighted by atomic mass is 35.5. The summed E-state index contributed by atoms with van der Waals surface area (Å²) in [6.07, 6.45) is 0.269. The van der Waals surface area contributed by atoms with Crippen LogP contribution in [0.25, 0.3) is 11.4 Å². The van der Waals surface area contributed by atoms with Crippen molar-refractivity contribution in [2.45, 2.75) is 19.6 Å². The normalized spacial score (nSPS) is 10.7. The van der Waals surface area contributed by atoms with E-state index in [4.69, 9.17) is 20.9 Å². The molecule has 0 saturated heterocycles. The van der Waals surface area contributed by atoms with Crippen molar-refractivity contribution in [3.05, 3.63) is 71.1 Å². The number of nitrogens with zero attached hydrogens (tertiary/aromatic N) is 2. The Labute approximate surface area is 156 Å². The molecule has 0 aliphatic heterocycles. The van der Waals surface area contributed by atoms with Gasteiger partial charge in [0.05, 0.1) is 19.8 Å². The number of nitrogens with one attached hydrogen (secondary N) is 1. The van der Waals surface area contributed by atoms with Gasteiger partial charge in [-0.25, -0.2) is 0 Å². The third-order valence-corrected chi connectivity index (χ3v) is 3.84. The van der Waals surface area contributed by atoms with Gasteiger partial charge in [-0.3, -0.25) is 4.79 Å². The van der Waals surface area contributed by atoms with Gasteiger partial charge in [0.25, 0.3) is 0 Å². The topological polar surface area (TPSA) is 77.2 Å². The summed E-state index contributed by atoms with van der Waals surface area (Å²) in [4.78, 5) is 16.1. The monoisotopic (exact) mass is 371 g/mol. The minimum absolute atomic E-state index is 0.135. The van der Waals surface area contributed by atoms with Crippen molar-refractivity contribution in [3.8, 4) is 11.4 Å². The van der Waals surface area contributed by atoms with Crippen LogP contribution in [0.2, 0.25) is 5.02 Å². The molecule has 0 unspecified atom stereocenters. The highest BCUT2D eigenvalue weighted by Gasteiger charge is 2.10. The second-order valence-electron chi connectivity index (χ2n) is 5.58. The van der Waals surface area contributed by atoms with Gasteiger partial charge in [-0.15, -0.1) is 0 Å². The lowest BCUT2D eigenvalue weighted by Crippen LogP contribution is -2.24. The molecule has 0 bridgehead atoms. The maximum absolute atomic E-state index is 11.8. The van der Waals surface area contributed by atoms with Crippen molar-refractivity contribution in [1.29, 1.82) is 0 Å². The Morgan fingerprint density at radius 3 is 2.65 bits per heavy atom. The molecule has 3 rings (SSSR count). The SMILES string of the molecule is O=C(CCOCc1ccccc1)NCc1nc(-c2ccc(Cl)cc2)no1.